The Balaban J connectivity index is 2.83. The van der Waals surface area contributed by atoms with Crippen molar-refractivity contribution in [2.75, 3.05) is 39.6 Å². The van der Waals surface area contributed by atoms with Gasteiger partial charge in [-0.1, -0.05) is 19.7 Å². The van der Waals surface area contributed by atoms with E-state index >= 15 is 0 Å². The summed E-state index contributed by atoms with van der Waals surface area (Å²) in [5.74, 6) is -3.39. The summed E-state index contributed by atoms with van der Waals surface area (Å²) in [4.78, 5) is 110. The lowest BCUT2D eigenvalue weighted by Crippen LogP contribution is -2.55. The smallest absolute Gasteiger partial charge is 0.336 e. The molecule has 0 unspecified atom stereocenters. The minimum absolute atomic E-state index is 0.0380. The number of aromatic nitrogens is 3. The quantitative estimate of drug-likeness (QED) is 0.0470. The van der Waals surface area contributed by atoms with Gasteiger partial charge in [0.05, 0.1) is 39.5 Å². The summed E-state index contributed by atoms with van der Waals surface area (Å²) in [6.07, 6.45) is 7.88. The van der Waals surface area contributed by atoms with Crippen molar-refractivity contribution in [3.63, 3.8) is 0 Å². The van der Waals surface area contributed by atoms with Gasteiger partial charge in [0.1, 0.15) is 19.8 Å². The molecule has 0 radical (unpaired) electrons. The van der Waals surface area contributed by atoms with E-state index in [0.717, 1.165) is 18.2 Å². The first kappa shape index (κ1) is 46.5. The molecule has 0 atom stereocenters. The van der Waals surface area contributed by atoms with Gasteiger partial charge in [0, 0.05) is 37.5 Å². The Hall–Kier alpha value is -5.55. The molecule has 0 amide bonds. The van der Waals surface area contributed by atoms with Crippen LogP contribution in [-0.4, -0.2) is 89.2 Å². The Labute approximate surface area is 312 Å². The molecule has 0 aromatic carbocycles. The molecule has 18 heteroatoms. The maximum atomic E-state index is 13.3. The monoisotopic (exact) mass is 765 g/mol. The molecule has 300 valence electrons. The van der Waals surface area contributed by atoms with E-state index in [0.29, 0.717) is 71.5 Å². The fraction of sp³-hybridized carbons (Fsp3) is 0.583. The molecular formula is C36H51N3O15. The SMILES string of the molecule is C=CC(=O)OCCCCCC(=O)OCCn1c(=O)n(CCOC(=O)CCCCCOC(=O)C=C)c(=O)n(CCOC(=O)CCCCCOC(=O)C=C)c1=O. The van der Waals surface area contributed by atoms with E-state index in [9.17, 15) is 43.2 Å². The van der Waals surface area contributed by atoms with E-state index < -0.39 is 72.5 Å². The average Bonchev–Trinajstić information content (AvgIpc) is 3.16. The number of rotatable bonds is 30. The lowest BCUT2D eigenvalue weighted by molar-refractivity contribution is -0.145. The summed E-state index contributed by atoms with van der Waals surface area (Å²) in [5, 5.41) is 0. The third-order valence-electron chi connectivity index (χ3n) is 7.43. The number of nitrogens with zero attached hydrogens (tertiary/aromatic N) is 3. The van der Waals surface area contributed by atoms with Gasteiger partial charge in [-0.25, -0.2) is 42.5 Å². The highest BCUT2D eigenvalue weighted by atomic mass is 16.6. The van der Waals surface area contributed by atoms with Crippen LogP contribution >= 0.6 is 0 Å². The Morgan fingerprint density at radius 1 is 0.389 bits per heavy atom. The van der Waals surface area contributed by atoms with Crippen molar-refractivity contribution in [3.05, 3.63) is 69.4 Å². The fourth-order valence-corrected chi connectivity index (χ4v) is 4.56. The van der Waals surface area contributed by atoms with E-state index in [1.165, 1.54) is 0 Å². The molecule has 0 aliphatic carbocycles. The second-order valence-electron chi connectivity index (χ2n) is 11.5. The number of esters is 6. The highest BCUT2D eigenvalue weighted by molar-refractivity contribution is 5.81. The minimum Gasteiger partial charge on any atom is -0.464 e. The lowest BCUT2D eigenvalue weighted by Gasteiger charge is -2.14. The van der Waals surface area contributed by atoms with E-state index in [1.54, 1.807) is 0 Å². The van der Waals surface area contributed by atoms with Crippen LogP contribution in [0, 0.1) is 0 Å². The average molecular weight is 766 g/mol. The van der Waals surface area contributed by atoms with E-state index in [1.807, 2.05) is 0 Å². The second kappa shape index (κ2) is 28.0. The van der Waals surface area contributed by atoms with Gasteiger partial charge in [0.25, 0.3) is 0 Å². The van der Waals surface area contributed by atoms with Crippen LogP contribution in [0.3, 0.4) is 0 Å². The van der Waals surface area contributed by atoms with Gasteiger partial charge in [0.15, 0.2) is 0 Å². The van der Waals surface area contributed by atoms with Crippen molar-refractivity contribution in [2.24, 2.45) is 0 Å². The Morgan fingerprint density at radius 3 is 0.889 bits per heavy atom. The zero-order chi connectivity index (χ0) is 40.1. The standard InChI is InChI=1S/C36H51N3O15/c1-4-28(40)49-22-13-7-10-16-31(43)52-25-19-37-34(46)38(20-26-53-32(44)17-11-8-14-23-50-29(41)5-2)36(48)39(35(37)47)21-27-54-33(45)18-12-9-15-24-51-30(42)6-3/h4-6H,1-3,7-27H2. The summed E-state index contributed by atoms with van der Waals surface area (Å²) < 4.78 is 32.2. The van der Waals surface area contributed by atoms with Crippen LogP contribution in [0.1, 0.15) is 77.0 Å². The van der Waals surface area contributed by atoms with Gasteiger partial charge >= 0.3 is 52.9 Å². The summed E-state index contributed by atoms with van der Waals surface area (Å²) >= 11 is 0. The maximum Gasteiger partial charge on any atom is 0.336 e. The molecule has 0 spiro atoms. The molecule has 1 heterocycles. The molecule has 18 nitrogen and oxygen atoms in total. The maximum absolute atomic E-state index is 13.3. The van der Waals surface area contributed by atoms with Crippen molar-refractivity contribution in [1.82, 2.24) is 13.7 Å². The first-order valence-electron chi connectivity index (χ1n) is 17.7. The van der Waals surface area contributed by atoms with Crippen molar-refractivity contribution >= 4 is 35.8 Å². The predicted octanol–water partition coefficient (Wildman–Crippen LogP) is 1.67. The van der Waals surface area contributed by atoms with Gasteiger partial charge < -0.3 is 28.4 Å². The lowest BCUT2D eigenvalue weighted by atomic mass is 10.2. The molecule has 0 saturated carbocycles. The number of carbonyl (C=O) groups excluding carboxylic acids is 6. The largest absolute Gasteiger partial charge is 0.464 e. The minimum atomic E-state index is -1.02. The third-order valence-corrected chi connectivity index (χ3v) is 7.43. The molecule has 0 saturated heterocycles. The molecule has 1 aromatic rings. The highest BCUT2D eigenvalue weighted by Crippen LogP contribution is 2.04. The summed E-state index contributed by atoms with van der Waals surface area (Å²) in [7, 11) is 0. The van der Waals surface area contributed by atoms with Crippen molar-refractivity contribution in [1.29, 1.82) is 0 Å². The van der Waals surface area contributed by atoms with Crippen LogP contribution in [-0.2, 0) is 76.8 Å². The first-order chi connectivity index (χ1) is 25.9. The fourth-order valence-electron chi connectivity index (χ4n) is 4.56. The van der Waals surface area contributed by atoms with Crippen molar-refractivity contribution in [3.8, 4) is 0 Å². The first-order valence-corrected chi connectivity index (χ1v) is 17.7. The Bertz CT molecular complexity index is 1390. The summed E-state index contributed by atoms with van der Waals surface area (Å²) in [5.41, 5.74) is -3.06. The van der Waals surface area contributed by atoms with E-state index in [-0.39, 0.29) is 58.9 Å². The van der Waals surface area contributed by atoms with Gasteiger partial charge in [-0.3, -0.25) is 14.4 Å². The number of ether oxygens (including phenoxy) is 6. The predicted molar refractivity (Wildman–Crippen MR) is 191 cm³/mol. The number of carbonyl (C=O) groups is 6. The van der Waals surface area contributed by atoms with Crippen LogP contribution in [0.25, 0.3) is 0 Å². The number of unbranched alkanes of at least 4 members (excludes halogenated alkanes) is 6. The Kier molecular flexibility index (Phi) is 24.1. The molecule has 54 heavy (non-hydrogen) atoms. The molecule has 0 fully saturated rings. The van der Waals surface area contributed by atoms with Crippen molar-refractivity contribution in [2.45, 2.75) is 96.7 Å². The second-order valence-corrected chi connectivity index (χ2v) is 11.5. The van der Waals surface area contributed by atoms with Gasteiger partial charge in [-0.05, 0) is 57.8 Å². The van der Waals surface area contributed by atoms with Crippen LogP contribution in [0.2, 0.25) is 0 Å². The summed E-state index contributed by atoms with van der Waals surface area (Å²) in [6, 6.07) is 0. The molecule has 0 N–H and O–H groups in total. The Morgan fingerprint density at radius 2 is 0.648 bits per heavy atom. The van der Waals surface area contributed by atoms with Crippen LogP contribution in [0.5, 0.6) is 0 Å². The van der Waals surface area contributed by atoms with Crippen LogP contribution in [0.4, 0.5) is 0 Å². The number of hydrogen-bond donors (Lipinski definition) is 0. The highest BCUT2D eigenvalue weighted by Gasteiger charge is 2.17. The molecular weight excluding hydrogens is 714 g/mol. The molecule has 0 aliphatic rings. The topological polar surface area (TPSA) is 224 Å². The normalized spacial score (nSPS) is 10.4. The van der Waals surface area contributed by atoms with Crippen LogP contribution in [0.15, 0.2) is 52.3 Å². The van der Waals surface area contributed by atoms with E-state index in [2.05, 4.69) is 19.7 Å². The molecule has 1 rings (SSSR count). The molecule has 0 aliphatic heterocycles. The third kappa shape index (κ3) is 19.9. The molecule has 1 aromatic heterocycles. The van der Waals surface area contributed by atoms with Gasteiger partial charge in [-0.2, -0.15) is 0 Å². The zero-order valence-electron chi connectivity index (χ0n) is 30.7. The van der Waals surface area contributed by atoms with E-state index in [4.69, 9.17) is 28.4 Å². The van der Waals surface area contributed by atoms with Gasteiger partial charge in [-0.15, -0.1) is 0 Å². The molecule has 0 bridgehead atoms. The van der Waals surface area contributed by atoms with Crippen LogP contribution < -0.4 is 17.1 Å². The van der Waals surface area contributed by atoms with Crippen molar-refractivity contribution < 1.29 is 57.2 Å². The van der Waals surface area contributed by atoms with Gasteiger partial charge in [0.2, 0.25) is 0 Å². The summed E-state index contributed by atoms with van der Waals surface area (Å²) in [6.45, 7) is 8.14. The number of hydrogen-bond acceptors (Lipinski definition) is 15. The zero-order valence-corrected chi connectivity index (χ0v) is 30.7.